The highest BCUT2D eigenvalue weighted by Crippen LogP contribution is 2.73. The summed E-state index contributed by atoms with van der Waals surface area (Å²) in [6, 6.07) is 2.17. The molecule has 5 aliphatic carbocycles. The first-order valence-electron chi connectivity index (χ1n) is 14.2. The molecule has 3 saturated carbocycles. The largest absolute Gasteiger partial charge is 0.340 e. The van der Waals surface area contributed by atoms with Crippen LogP contribution < -0.4 is 5.32 Å². The van der Waals surface area contributed by atoms with Gasteiger partial charge in [-0.3, -0.25) is 14.4 Å². The molecule has 5 rings (SSSR count). The molecule has 0 radical (unpaired) electrons. The predicted molar refractivity (Wildman–Crippen MR) is 146 cm³/mol. The minimum absolute atomic E-state index is 0.00420. The van der Waals surface area contributed by atoms with E-state index in [-0.39, 0.29) is 57.0 Å². The highest BCUT2D eigenvalue weighted by Gasteiger charge is 2.70. The Kier molecular flexibility index (Phi) is 5.63. The van der Waals surface area contributed by atoms with Crippen LogP contribution in [0, 0.1) is 68.5 Å². The number of terminal acetylenes is 1. The van der Waals surface area contributed by atoms with Gasteiger partial charge in [-0.15, -0.1) is 6.42 Å². The molecule has 1 amide bonds. The Hall–Kier alpha value is -2.66. The maximum absolute atomic E-state index is 14.4. The van der Waals surface area contributed by atoms with Crippen LogP contribution in [0.3, 0.4) is 0 Å². The molecular weight excluding hydrogens is 472 g/mol. The molecule has 0 spiro atoms. The summed E-state index contributed by atoms with van der Waals surface area (Å²) in [5.41, 5.74) is -0.885. The fourth-order valence-corrected chi connectivity index (χ4v) is 10.1. The molecule has 5 nitrogen and oxygen atoms in total. The Morgan fingerprint density at radius 2 is 1.68 bits per heavy atom. The molecule has 3 fully saturated rings. The number of nitrogens with zero attached hydrogens (tertiary/aromatic N) is 1. The quantitative estimate of drug-likeness (QED) is 0.454. The van der Waals surface area contributed by atoms with E-state index in [1.165, 1.54) is 0 Å². The molecule has 0 bridgehead atoms. The second-order valence-electron chi connectivity index (χ2n) is 15.0. The van der Waals surface area contributed by atoms with Crippen LogP contribution >= 0.6 is 0 Å². The van der Waals surface area contributed by atoms with Crippen LogP contribution in [-0.2, 0) is 14.4 Å². The number of amides is 1. The van der Waals surface area contributed by atoms with Gasteiger partial charge in [0.1, 0.15) is 6.07 Å². The van der Waals surface area contributed by atoms with E-state index in [2.05, 4.69) is 51.9 Å². The second-order valence-corrected chi connectivity index (χ2v) is 15.0. The van der Waals surface area contributed by atoms with Crippen LogP contribution in [0.5, 0.6) is 0 Å². The average molecular weight is 515 g/mol. The van der Waals surface area contributed by atoms with Crippen LogP contribution in [0.25, 0.3) is 0 Å². The first-order valence-corrected chi connectivity index (χ1v) is 14.2. The van der Waals surface area contributed by atoms with E-state index in [0.29, 0.717) is 0 Å². The Labute approximate surface area is 227 Å². The predicted octanol–water partition coefficient (Wildman–Crippen LogP) is 5.71. The zero-order chi connectivity index (χ0) is 28.1. The van der Waals surface area contributed by atoms with E-state index < -0.39 is 16.4 Å². The van der Waals surface area contributed by atoms with E-state index in [9.17, 15) is 19.6 Å². The van der Waals surface area contributed by atoms with Gasteiger partial charge in [-0.1, -0.05) is 60.1 Å². The SMILES string of the molecule is C#CC(=O)N[C@]12CCC(C)(C)CC1C1C(=O)C=C3[C@@]4(C)C=C(C#N)C(=O)C(C)(C)[C@@H]4CC[C@@]3(C)[C@]1(C)CC2. The summed E-state index contributed by atoms with van der Waals surface area (Å²) in [5.74, 6) is 1.72. The van der Waals surface area contributed by atoms with Crippen molar-refractivity contribution in [1.82, 2.24) is 5.32 Å². The van der Waals surface area contributed by atoms with Gasteiger partial charge in [0, 0.05) is 22.3 Å². The number of Topliss-reactive ketones (excluding diaryl/α,β-unsaturated/α-hetero) is 1. The Balaban J connectivity index is 1.69. The number of hydrogen-bond donors (Lipinski definition) is 1. The number of nitriles is 1. The zero-order valence-corrected chi connectivity index (χ0v) is 24.1. The summed E-state index contributed by atoms with van der Waals surface area (Å²) in [6.07, 6.45) is 15.3. The van der Waals surface area contributed by atoms with E-state index in [1.54, 1.807) is 0 Å². The molecule has 38 heavy (non-hydrogen) atoms. The van der Waals surface area contributed by atoms with Gasteiger partial charge in [-0.2, -0.15) is 5.26 Å². The molecule has 0 saturated heterocycles. The molecule has 0 aromatic rings. The summed E-state index contributed by atoms with van der Waals surface area (Å²) >= 11 is 0. The van der Waals surface area contributed by atoms with Crippen molar-refractivity contribution in [2.75, 3.05) is 0 Å². The number of carbonyl (C=O) groups is 3. The van der Waals surface area contributed by atoms with Crippen molar-refractivity contribution in [3.8, 4) is 18.4 Å². The lowest BCUT2D eigenvalue weighted by Crippen LogP contribution is -2.69. The van der Waals surface area contributed by atoms with E-state index in [1.807, 2.05) is 26.0 Å². The van der Waals surface area contributed by atoms with Gasteiger partial charge in [0.25, 0.3) is 5.91 Å². The molecule has 1 N–H and O–H groups in total. The lowest BCUT2D eigenvalue weighted by Gasteiger charge is -2.69. The summed E-state index contributed by atoms with van der Waals surface area (Å²) in [5, 5.41) is 13.1. The number of fused-ring (bicyclic) bond motifs is 7. The zero-order valence-electron chi connectivity index (χ0n) is 24.1. The molecule has 5 heteroatoms. The van der Waals surface area contributed by atoms with Crippen molar-refractivity contribution in [3.05, 3.63) is 23.3 Å². The third-order valence-electron chi connectivity index (χ3n) is 12.4. The van der Waals surface area contributed by atoms with Gasteiger partial charge in [0.15, 0.2) is 11.6 Å². The molecule has 0 heterocycles. The van der Waals surface area contributed by atoms with Crippen molar-refractivity contribution in [1.29, 1.82) is 5.26 Å². The molecule has 0 aliphatic heterocycles. The smallest absolute Gasteiger partial charge is 0.296 e. The summed E-state index contributed by atoms with van der Waals surface area (Å²) in [7, 11) is 0. The van der Waals surface area contributed by atoms with Crippen molar-refractivity contribution < 1.29 is 14.4 Å². The van der Waals surface area contributed by atoms with Gasteiger partial charge < -0.3 is 5.32 Å². The third kappa shape index (κ3) is 3.27. The van der Waals surface area contributed by atoms with E-state index in [0.717, 1.165) is 50.5 Å². The minimum atomic E-state index is -0.674. The first kappa shape index (κ1) is 26.9. The maximum atomic E-state index is 14.4. The van der Waals surface area contributed by atoms with Gasteiger partial charge >= 0.3 is 0 Å². The number of rotatable bonds is 1. The number of carbonyl (C=O) groups excluding carboxylic acids is 3. The summed E-state index contributed by atoms with van der Waals surface area (Å²) in [4.78, 5) is 40.2. The number of nitrogens with one attached hydrogen (secondary N) is 1. The van der Waals surface area contributed by atoms with Crippen LogP contribution in [0.4, 0.5) is 0 Å². The number of allylic oxidation sites excluding steroid dienone is 4. The Morgan fingerprint density at radius 1 is 1.03 bits per heavy atom. The average Bonchev–Trinajstić information content (AvgIpc) is 2.83. The normalized spacial score (nSPS) is 44.5. The molecule has 7 atom stereocenters. The highest BCUT2D eigenvalue weighted by molar-refractivity contribution is 6.04. The lowest BCUT2D eigenvalue weighted by atomic mass is 9.35. The highest BCUT2D eigenvalue weighted by atomic mass is 16.2. The molecule has 202 valence electrons. The van der Waals surface area contributed by atoms with Gasteiger partial charge in [0.2, 0.25) is 0 Å². The summed E-state index contributed by atoms with van der Waals surface area (Å²) < 4.78 is 0. The van der Waals surface area contributed by atoms with Gasteiger partial charge in [-0.25, -0.2) is 0 Å². The summed E-state index contributed by atoms with van der Waals surface area (Å²) in [6.45, 7) is 15.2. The second kappa shape index (κ2) is 7.94. The molecule has 5 aliphatic rings. The van der Waals surface area contributed by atoms with Crippen molar-refractivity contribution in [2.45, 2.75) is 99.0 Å². The topological polar surface area (TPSA) is 87.0 Å². The van der Waals surface area contributed by atoms with E-state index in [4.69, 9.17) is 6.42 Å². The first-order chi connectivity index (χ1) is 17.5. The van der Waals surface area contributed by atoms with Crippen LogP contribution in [0.15, 0.2) is 23.3 Å². The number of ketones is 2. The van der Waals surface area contributed by atoms with Crippen molar-refractivity contribution in [2.24, 2.45) is 44.8 Å². The van der Waals surface area contributed by atoms with Gasteiger partial charge in [-0.05, 0) is 85.0 Å². The van der Waals surface area contributed by atoms with Crippen molar-refractivity contribution in [3.63, 3.8) is 0 Å². The monoisotopic (exact) mass is 514 g/mol. The Morgan fingerprint density at radius 3 is 2.32 bits per heavy atom. The van der Waals surface area contributed by atoms with Crippen LogP contribution in [-0.4, -0.2) is 23.0 Å². The lowest BCUT2D eigenvalue weighted by molar-refractivity contribution is -0.163. The maximum Gasteiger partial charge on any atom is 0.296 e. The fraction of sp³-hybridized carbons (Fsp3) is 0.697. The Bertz CT molecular complexity index is 1290. The van der Waals surface area contributed by atoms with E-state index >= 15 is 0 Å². The van der Waals surface area contributed by atoms with Crippen LogP contribution in [0.1, 0.15) is 93.4 Å². The van der Waals surface area contributed by atoms with Gasteiger partial charge in [0.05, 0.1) is 5.57 Å². The van der Waals surface area contributed by atoms with Crippen LogP contribution in [0.2, 0.25) is 0 Å². The van der Waals surface area contributed by atoms with Crippen molar-refractivity contribution >= 4 is 17.5 Å². The minimum Gasteiger partial charge on any atom is -0.340 e. The molecular formula is C33H42N2O3. The molecule has 0 aromatic heterocycles. The third-order valence-corrected chi connectivity index (χ3v) is 12.4. The molecule has 0 aromatic carbocycles. The molecule has 2 unspecified atom stereocenters. The standard InChI is InChI=1S/C33H42N2O3/c1-9-25(37)35-33-14-12-28(2,3)18-21(33)26-22(36)16-24-30(6)17-20(19-34)27(38)29(4,5)23(30)10-11-31(24,7)32(26,8)13-15-33/h1,16-17,21,23,26H,10-15,18H2,2-8H3,(H,35,37)/t21?,23-,26?,30-,31+,32+,33-/m0/s1. The number of hydrogen-bond acceptors (Lipinski definition) is 4. The fourth-order valence-electron chi connectivity index (χ4n) is 10.1.